The van der Waals surface area contributed by atoms with Gasteiger partial charge in [0.2, 0.25) is 0 Å². The van der Waals surface area contributed by atoms with Gasteiger partial charge in [-0.25, -0.2) is 0 Å². The first-order chi connectivity index (χ1) is 15.1. The zero-order valence-corrected chi connectivity index (χ0v) is 18.1. The van der Waals surface area contributed by atoms with E-state index in [0.717, 1.165) is 12.2 Å². The van der Waals surface area contributed by atoms with E-state index >= 15 is 0 Å². The van der Waals surface area contributed by atoms with Crippen molar-refractivity contribution in [1.82, 2.24) is 4.90 Å². The zero-order valence-electron chi connectivity index (χ0n) is 18.1. The molecule has 2 aromatic carbocycles. The quantitative estimate of drug-likeness (QED) is 0.554. The highest BCUT2D eigenvalue weighted by Crippen LogP contribution is 2.32. The van der Waals surface area contributed by atoms with Gasteiger partial charge in [-0.05, 0) is 43.2 Å². The molecule has 0 fully saturated rings. The highest BCUT2D eigenvalue weighted by molar-refractivity contribution is 6.36. The number of nitrogens with zero attached hydrogens (tertiary/aromatic N) is 1. The molecule has 0 atom stereocenters. The van der Waals surface area contributed by atoms with Gasteiger partial charge in [0.05, 0.1) is 31.9 Å². The molecular formula is C24H28N2O5. The van der Waals surface area contributed by atoms with Crippen molar-refractivity contribution >= 4 is 23.1 Å². The summed E-state index contributed by atoms with van der Waals surface area (Å²) < 4.78 is 16.2. The van der Waals surface area contributed by atoms with Gasteiger partial charge < -0.3 is 19.5 Å². The second-order valence-corrected chi connectivity index (χ2v) is 6.96. The summed E-state index contributed by atoms with van der Waals surface area (Å²) >= 11 is 0. The van der Waals surface area contributed by atoms with Gasteiger partial charge in [-0.1, -0.05) is 25.1 Å². The van der Waals surface area contributed by atoms with E-state index in [9.17, 15) is 9.59 Å². The molecule has 1 N–H and O–H groups in total. The van der Waals surface area contributed by atoms with Gasteiger partial charge in [0.1, 0.15) is 17.2 Å². The molecule has 164 valence electrons. The zero-order chi connectivity index (χ0) is 22.2. The number of hydrogen-bond acceptors (Lipinski definition) is 6. The van der Waals surface area contributed by atoms with Crippen LogP contribution in [0.15, 0.2) is 54.2 Å². The molecule has 0 spiro atoms. The number of carbonyl (C=O) groups excluding carboxylic acids is 2. The van der Waals surface area contributed by atoms with Crippen LogP contribution in [0, 0.1) is 0 Å². The highest BCUT2D eigenvalue weighted by atomic mass is 16.5. The van der Waals surface area contributed by atoms with Gasteiger partial charge in [0, 0.05) is 18.9 Å². The number of hydrogen-bond donors (Lipinski definition) is 1. The number of anilines is 1. The van der Waals surface area contributed by atoms with Gasteiger partial charge in [-0.3, -0.25) is 14.5 Å². The van der Waals surface area contributed by atoms with Crippen LogP contribution in [0.2, 0.25) is 0 Å². The lowest BCUT2D eigenvalue weighted by molar-refractivity contribution is -0.137. The molecule has 0 aliphatic carbocycles. The predicted molar refractivity (Wildman–Crippen MR) is 119 cm³/mol. The van der Waals surface area contributed by atoms with Crippen LogP contribution in [0.1, 0.15) is 25.8 Å². The van der Waals surface area contributed by atoms with Crippen LogP contribution in [0.25, 0.3) is 5.57 Å². The summed E-state index contributed by atoms with van der Waals surface area (Å²) in [4.78, 5) is 27.5. The van der Waals surface area contributed by atoms with E-state index < -0.39 is 0 Å². The molecule has 7 heteroatoms. The molecule has 3 rings (SSSR count). The van der Waals surface area contributed by atoms with E-state index in [1.165, 1.54) is 12.0 Å². The summed E-state index contributed by atoms with van der Waals surface area (Å²) in [6.07, 6.45) is 0.906. The molecule has 0 radical (unpaired) electrons. The first-order valence-electron chi connectivity index (χ1n) is 10.4. The number of nitrogens with one attached hydrogen (secondary N) is 1. The number of rotatable bonds is 11. The number of ether oxygens (including phenoxy) is 3. The Morgan fingerprint density at radius 2 is 1.68 bits per heavy atom. The van der Waals surface area contributed by atoms with Crippen LogP contribution in [-0.4, -0.2) is 50.2 Å². The van der Waals surface area contributed by atoms with Crippen LogP contribution in [0.5, 0.6) is 11.5 Å². The lowest BCUT2D eigenvalue weighted by Gasteiger charge is -2.14. The number of imide groups is 1. The Kier molecular flexibility index (Phi) is 7.67. The smallest absolute Gasteiger partial charge is 0.278 e. The molecule has 0 bridgehead atoms. The lowest BCUT2D eigenvalue weighted by atomic mass is 10.0. The Morgan fingerprint density at radius 1 is 0.903 bits per heavy atom. The third-order valence-corrected chi connectivity index (χ3v) is 4.72. The maximum atomic E-state index is 13.1. The summed E-state index contributed by atoms with van der Waals surface area (Å²) in [5.74, 6) is 0.663. The van der Waals surface area contributed by atoms with Crippen molar-refractivity contribution in [3.05, 3.63) is 59.8 Å². The van der Waals surface area contributed by atoms with Crippen molar-refractivity contribution in [2.24, 2.45) is 0 Å². The fourth-order valence-corrected chi connectivity index (χ4v) is 3.26. The molecule has 0 saturated heterocycles. The first-order valence-corrected chi connectivity index (χ1v) is 10.4. The van der Waals surface area contributed by atoms with E-state index in [0.29, 0.717) is 35.8 Å². The van der Waals surface area contributed by atoms with Crippen LogP contribution in [0.4, 0.5) is 5.69 Å². The molecular weight excluding hydrogens is 396 g/mol. The number of methoxy groups -OCH3 is 1. The standard InChI is InChI=1S/C24H28N2O5/c1-4-14-31-19-11-9-17(10-12-19)21-22(24(28)26(23(21)27)13-15-29-3)25-18-7-6-8-20(16-18)30-5-2/h6-12,16,25H,4-5,13-15H2,1-3H3. The van der Waals surface area contributed by atoms with E-state index in [1.807, 2.05) is 32.0 Å². The van der Waals surface area contributed by atoms with Crippen molar-refractivity contribution in [3.8, 4) is 11.5 Å². The van der Waals surface area contributed by atoms with Crippen molar-refractivity contribution < 1.29 is 23.8 Å². The third-order valence-electron chi connectivity index (χ3n) is 4.72. The fourth-order valence-electron chi connectivity index (χ4n) is 3.26. The van der Waals surface area contributed by atoms with Gasteiger partial charge in [-0.15, -0.1) is 0 Å². The molecule has 1 aliphatic heterocycles. The van der Waals surface area contributed by atoms with E-state index in [1.54, 1.807) is 30.3 Å². The van der Waals surface area contributed by atoms with E-state index in [4.69, 9.17) is 14.2 Å². The number of amides is 2. The van der Waals surface area contributed by atoms with Crippen molar-refractivity contribution in [1.29, 1.82) is 0 Å². The minimum absolute atomic E-state index is 0.180. The van der Waals surface area contributed by atoms with E-state index in [-0.39, 0.29) is 30.7 Å². The Hall–Kier alpha value is -3.32. The third kappa shape index (κ3) is 5.24. The second kappa shape index (κ2) is 10.6. The Morgan fingerprint density at radius 3 is 2.35 bits per heavy atom. The van der Waals surface area contributed by atoms with Crippen molar-refractivity contribution in [3.63, 3.8) is 0 Å². The van der Waals surface area contributed by atoms with Crippen molar-refractivity contribution in [2.45, 2.75) is 20.3 Å². The number of carbonyl (C=O) groups is 2. The monoisotopic (exact) mass is 424 g/mol. The van der Waals surface area contributed by atoms with Crippen LogP contribution >= 0.6 is 0 Å². The first kappa shape index (κ1) is 22.4. The van der Waals surface area contributed by atoms with Gasteiger partial charge in [-0.2, -0.15) is 0 Å². The van der Waals surface area contributed by atoms with Crippen LogP contribution in [0.3, 0.4) is 0 Å². The van der Waals surface area contributed by atoms with Crippen molar-refractivity contribution in [2.75, 3.05) is 38.8 Å². The molecule has 0 aromatic heterocycles. The lowest BCUT2D eigenvalue weighted by Crippen LogP contribution is -2.35. The maximum Gasteiger partial charge on any atom is 0.278 e. The van der Waals surface area contributed by atoms with E-state index in [2.05, 4.69) is 5.32 Å². The predicted octanol–water partition coefficient (Wildman–Crippen LogP) is 3.71. The minimum atomic E-state index is -0.384. The summed E-state index contributed by atoms with van der Waals surface area (Å²) in [5, 5.41) is 3.14. The summed E-state index contributed by atoms with van der Waals surface area (Å²) in [6.45, 7) is 5.54. The molecule has 2 aromatic rings. The topological polar surface area (TPSA) is 77.1 Å². The normalized spacial score (nSPS) is 13.7. The van der Waals surface area contributed by atoms with Crippen LogP contribution < -0.4 is 14.8 Å². The average molecular weight is 424 g/mol. The Labute approximate surface area is 182 Å². The minimum Gasteiger partial charge on any atom is -0.494 e. The maximum absolute atomic E-state index is 13.1. The summed E-state index contributed by atoms with van der Waals surface area (Å²) in [5.41, 5.74) is 1.86. The molecule has 31 heavy (non-hydrogen) atoms. The number of benzene rings is 2. The Balaban J connectivity index is 1.96. The molecule has 2 amide bonds. The average Bonchev–Trinajstić information content (AvgIpc) is 3.01. The molecule has 1 heterocycles. The summed E-state index contributed by atoms with van der Waals surface area (Å²) in [7, 11) is 1.53. The molecule has 0 saturated carbocycles. The van der Waals surface area contributed by atoms with Gasteiger partial charge in [0.25, 0.3) is 11.8 Å². The van der Waals surface area contributed by atoms with Gasteiger partial charge in [0.15, 0.2) is 0 Å². The summed E-state index contributed by atoms with van der Waals surface area (Å²) in [6, 6.07) is 14.5. The fraction of sp³-hybridized carbons (Fsp3) is 0.333. The Bertz CT molecular complexity index is 953. The second-order valence-electron chi connectivity index (χ2n) is 6.96. The SMILES string of the molecule is CCCOc1ccc(C2=C(Nc3cccc(OCC)c3)C(=O)N(CCOC)C2=O)cc1. The largest absolute Gasteiger partial charge is 0.494 e. The molecule has 1 aliphatic rings. The highest BCUT2D eigenvalue weighted by Gasteiger charge is 2.39. The van der Waals surface area contributed by atoms with Crippen LogP contribution in [-0.2, 0) is 14.3 Å². The molecule has 7 nitrogen and oxygen atoms in total. The molecule has 0 unspecified atom stereocenters. The van der Waals surface area contributed by atoms with Gasteiger partial charge >= 0.3 is 0 Å².